The van der Waals surface area contributed by atoms with Crippen molar-refractivity contribution in [2.24, 2.45) is 17.8 Å². The van der Waals surface area contributed by atoms with Crippen LogP contribution in [0.2, 0.25) is 0 Å². The smallest absolute Gasteiger partial charge is 0.306 e. The standard InChI is InChI=1S/C15H24O5/c1-8(2)5-12(18)20-15-13(9(3)4)11(17)6-10(7-16)14(15)19/h6,8-9,11,13,15-17H,5,7H2,1-4H3/t11-,13+,15+/m1/s1. The third kappa shape index (κ3) is 3.90. The molecule has 20 heavy (non-hydrogen) atoms. The SMILES string of the molecule is CC(C)CC(=O)O[C@@H]1C(=O)C(CO)=C[C@@H](O)[C@@H]1C(C)C. The number of hydrogen-bond acceptors (Lipinski definition) is 5. The molecule has 2 N–H and O–H groups in total. The van der Waals surface area contributed by atoms with Gasteiger partial charge in [0.15, 0.2) is 6.10 Å². The van der Waals surface area contributed by atoms with E-state index in [-0.39, 0.29) is 23.8 Å². The number of Topliss-reactive ketones (excluding diaryl/α,β-unsaturated/α-hetero) is 1. The summed E-state index contributed by atoms with van der Waals surface area (Å²) in [6.45, 7) is 7.04. The van der Waals surface area contributed by atoms with Gasteiger partial charge in [0.2, 0.25) is 5.78 Å². The predicted molar refractivity (Wildman–Crippen MR) is 73.8 cm³/mol. The molecule has 0 saturated heterocycles. The van der Waals surface area contributed by atoms with Crippen LogP contribution < -0.4 is 0 Å². The molecule has 0 aromatic heterocycles. The van der Waals surface area contributed by atoms with E-state index < -0.39 is 36.5 Å². The third-order valence-electron chi connectivity index (χ3n) is 3.46. The molecule has 0 amide bonds. The number of carbonyl (C=O) groups is 2. The first kappa shape index (κ1) is 16.9. The molecule has 0 aromatic rings. The van der Waals surface area contributed by atoms with Gasteiger partial charge in [0.1, 0.15) is 0 Å². The molecule has 0 radical (unpaired) electrons. The van der Waals surface area contributed by atoms with Crippen LogP contribution in [0.5, 0.6) is 0 Å². The van der Waals surface area contributed by atoms with Crippen molar-refractivity contribution in [1.82, 2.24) is 0 Å². The minimum Gasteiger partial charge on any atom is -0.454 e. The maximum absolute atomic E-state index is 12.2. The highest BCUT2D eigenvalue weighted by molar-refractivity contribution is 6.01. The van der Waals surface area contributed by atoms with Crippen molar-refractivity contribution in [3.05, 3.63) is 11.6 Å². The van der Waals surface area contributed by atoms with Crippen LogP contribution >= 0.6 is 0 Å². The normalized spacial score (nSPS) is 26.9. The first-order valence-corrected chi connectivity index (χ1v) is 7.01. The number of rotatable bonds is 5. The van der Waals surface area contributed by atoms with Crippen molar-refractivity contribution in [2.45, 2.75) is 46.3 Å². The number of aliphatic hydroxyl groups is 2. The van der Waals surface area contributed by atoms with E-state index in [0.717, 1.165) is 0 Å². The van der Waals surface area contributed by atoms with E-state index in [1.807, 2.05) is 27.7 Å². The minimum atomic E-state index is -1.01. The Labute approximate surface area is 119 Å². The summed E-state index contributed by atoms with van der Waals surface area (Å²) in [5.41, 5.74) is 0.108. The van der Waals surface area contributed by atoms with Crippen molar-refractivity contribution in [2.75, 3.05) is 6.61 Å². The Hall–Kier alpha value is -1.20. The molecule has 0 heterocycles. The largest absolute Gasteiger partial charge is 0.454 e. The Balaban J connectivity index is 2.96. The molecule has 3 atom stereocenters. The lowest BCUT2D eigenvalue weighted by molar-refractivity contribution is -0.162. The van der Waals surface area contributed by atoms with Gasteiger partial charge >= 0.3 is 5.97 Å². The van der Waals surface area contributed by atoms with Crippen molar-refractivity contribution in [3.63, 3.8) is 0 Å². The number of esters is 1. The van der Waals surface area contributed by atoms with Gasteiger partial charge in [0.25, 0.3) is 0 Å². The molecule has 1 aliphatic rings. The van der Waals surface area contributed by atoms with Crippen molar-refractivity contribution >= 4 is 11.8 Å². The molecule has 0 spiro atoms. The fraction of sp³-hybridized carbons (Fsp3) is 0.733. The zero-order chi connectivity index (χ0) is 15.4. The van der Waals surface area contributed by atoms with Crippen molar-refractivity contribution in [3.8, 4) is 0 Å². The summed E-state index contributed by atoms with van der Waals surface area (Å²) in [5, 5.41) is 19.3. The topological polar surface area (TPSA) is 83.8 Å². The molecule has 0 aliphatic heterocycles. The van der Waals surface area contributed by atoms with E-state index in [1.54, 1.807) is 0 Å². The Morgan fingerprint density at radius 1 is 1.35 bits per heavy atom. The van der Waals surface area contributed by atoms with Crippen LogP contribution in [0.25, 0.3) is 0 Å². The van der Waals surface area contributed by atoms with Crippen LogP contribution in [0.1, 0.15) is 34.1 Å². The summed E-state index contributed by atoms with van der Waals surface area (Å²) >= 11 is 0. The molecule has 5 heteroatoms. The summed E-state index contributed by atoms with van der Waals surface area (Å²) in [5.74, 6) is -1.23. The van der Waals surface area contributed by atoms with Gasteiger partial charge in [-0.3, -0.25) is 9.59 Å². The predicted octanol–water partition coefficient (Wildman–Crippen LogP) is 1.08. The molecule has 0 bridgehead atoms. The Bertz CT molecular complexity index is 397. The van der Waals surface area contributed by atoms with Crippen LogP contribution in [-0.4, -0.2) is 40.8 Å². The Morgan fingerprint density at radius 2 is 1.95 bits per heavy atom. The summed E-state index contributed by atoms with van der Waals surface area (Å²) in [6.07, 6.45) is -0.321. The highest BCUT2D eigenvalue weighted by atomic mass is 16.5. The van der Waals surface area contributed by atoms with Gasteiger partial charge in [0, 0.05) is 17.9 Å². The number of ether oxygens (including phenoxy) is 1. The monoisotopic (exact) mass is 284 g/mol. The minimum absolute atomic E-state index is 0.0257. The number of ketones is 1. The highest BCUT2D eigenvalue weighted by Crippen LogP contribution is 2.30. The first-order chi connectivity index (χ1) is 9.27. The second kappa shape index (κ2) is 6.99. The molecule has 0 aromatic carbocycles. The Kier molecular flexibility index (Phi) is 5.89. The molecular formula is C15H24O5. The lowest BCUT2D eigenvalue weighted by Gasteiger charge is -2.35. The van der Waals surface area contributed by atoms with E-state index in [1.165, 1.54) is 6.08 Å². The molecule has 114 valence electrons. The van der Waals surface area contributed by atoms with Gasteiger partial charge in [-0.1, -0.05) is 27.7 Å². The molecule has 1 rings (SSSR count). The second-order valence-corrected chi connectivity index (χ2v) is 6.03. The average molecular weight is 284 g/mol. The van der Waals surface area contributed by atoms with E-state index in [9.17, 15) is 14.7 Å². The summed E-state index contributed by atoms with van der Waals surface area (Å²) in [7, 11) is 0. The molecule has 1 aliphatic carbocycles. The van der Waals surface area contributed by atoms with E-state index in [4.69, 9.17) is 9.84 Å². The van der Waals surface area contributed by atoms with Crippen LogP contribution in [0, 0.1) is 17.8 Å². The highest BCUT2D eigenvalue weighted by Gasteiger charge is 2.42. The zero-order valence-electron chi connectivity index (χ0n) is 12.5. The van der Waals surface area contributed by atoms with Crippen molar-refractivity contribution < 1.29 is 24.5 Å². The van der Waals surface area contributed by atoms with Crippen LogP contribution in [0.4, 0.5) is 0 Å². The molecule has 0 unspecified atom stereocenters. The first-order valence-electron chi connectivity index (χ1n) is 7.01. The number of aliphatic hydroxyl groups excluding tert-OH is 2. The lowest BCUT2D eigenvalue weighted by atomic mass is 9.77. The van der Waals surface area contributed by atoms with Gasteiger partial charge in [-0.25, -0.2) is 0 Å². The quantitative estimate of drug-likeness (QED) is 0.738. The summed E-state index contributed by atoms with van der Waals surface area (Å²) < 4.78 is 5.29. The fourth-order valence-corrected chi connectivity index (χ4v) is 2.47. The number of hydrogen-bond donors (Lipinski definition) is 2. The van der Waals surface area contributed by atoms with Crippen LogP contribution in [-0.2, 0) is 14.3 Å². The molecule has 0 fully saturated rings. The lowest BCUT2D eigenvalue weighted by Crippen LogP contribution is -2.47. The maximum atomic E-state index is 12.2. The summed E-state index contributed by atoms with van der Waals surface area (Å²) in [6, 6.07) is 0. The van der Waals surface area contributed by atoms with E-state index >= 15 is 0 Å². The average Bonchev–Trinajstić information content (AvgIpc) is 2.31. The maximum Gasteiger partial charge on any atom is 0.306 e. The third-order valence-corrected chi connectivity index (χ3v) is 3.46. The van der Waals surface area contributed by atoms with Gasteiger partial charge < -0.3 is 14.9 Å². The van der Waals surface area contributed by atoms with Gasteiger partial charge in [0.05, 0.1) is 12.7 Å². The molecular weight excluding hydrogens is 260 g/mol. The van der Waals surface area contributed by atoms with Gasteiger partial charge in [-0.15, -0.1) is 0 Å². The molecule has 0 saturated carbocycles. The van der Waals surface area contributed by atoms with E-state index in [2.05, 4.69) is 0 Å². The molecule has 5 nitrogen and oxygen atoms in total. The summed E-state index contributed by atoms with van der Waals surface area (Å²) in [4.78, 5) is 24.0. The number of carbonyl (C=O) groups excluding carboxylic acids is 2. The Morgan fingerprint density at radius 3 is 2.40 bits per heavy atom. The van der Waals surface area contributed by atoms with E-state index in [0.29, 0.717) is 0 Å². The van der Waals surface area contributed by atoms with Gasteiger partial charge in [-0.2, -0.15) is 0 Å². The van der Waals surface area contributed by atoms with Crippen LogP contribution in [0.3, 0.4) is 0 Å². The zero-order valence-corrected chi connectivity index (χ0v) is 12.5. The second-order valence-electron chi connectivity index (χ2n) is 6.03. The van der Waals surface area contributed by atoms with Gasteiger partial charge in [-0.05, 0) is 17.9 Å². The van der Waals surface area contributed by atoms with Crippen LogP contribution in [0.15, 0.2) is 11.6 Å². The van der Waals surface area contributed by atoms with Crippen molar-refractivity contribution in [1.29, 1.82) is 0 Å². The fourth-order valence-electron chi connectivity index (χ4n) is 2.47.